The van der Waals surface area contributed by atoms with E-state index in [2.05, 4.69) is 10.6 Å². The average molecular weight is 669 g/mol. The fourth-order valence-corrected chi connectivity index (χ4v) is 7.22. The highest BCUT2D eigenvalue weighted by atomic mass is 32.2. The third kappa shape index (κ3) is 8.25. The zero-order valence-electron chi connectivity index (χ0n) is 26.4. The van der Waals surface area contributed by atoms with E-state index in [1.54, 1.807) is 27.7 Å². The predicted octanol–water partition coefficient (Wildman–Crippen LogP) is 4.23. The molecule has 12 nitrogen and oxygen atoms in total. The lowest BCUT2D eigenvalue weighted by Crippen LogP contribution is -2.49. The topological polar surface area (TPSA) is 174 Å². The molecule has 0 radical (unpaired) electrons. The summed E-state index contributed by atoms with van der Waals surface area (Å²) in [5.74, 6) is -3.12. The normalized spacial score (nSPS) is 17.9. The summed E-state index contributed by atoms with van der Waals surface area (Å²) < 4.78 is 54.1. The van der Waals surface area contributed by atoms with Gasteiger partial charge in [-0.15, -0.1) is 0 Å². The molecule has 3 unspecified atom stereocenters. The molecule has 0 aliphatic carbocycles. The van der Waals surface area contributed by atoms with Gasteiger partial charge in [0.05, 0.1) is 34.9 Å². The van der Waals surface area contributed by atoms with Crippen molar-refractivity contribution in [3.05, 3.63) is 89.7 Å². The number of nitrogens with one attached hydrogen (secondary N) is 2. The van der Waals surface area contributed by atoms with Crippen molar-refractivity contribution in [2.45, 2.75) is 61.9 Å². The first-order valence-electron chi connectivity index (χ1n) is 14.8. The number of esters is 2. The second-order valence-electron chi connectivity index (χ2n) is 11.8. The van der Waals surface area contributed by atoms with Crippen molar-refractivity contribution in [2.75, 3.05) is 24.2 Å². The van der Waals surface area contributed by atoms with Gasteiger partial charge < -0.3 is 30.7 Å². The number of carbonyl (C=O) groups excluding carboxylic acids is 4. The number of nitrogens with zero attached hydrogens (tertiary/aromatic N) is 1. The number of likely N-dealkylation sites (tertiary alicyclic amines) is 1. The van der Waals surface area contributed by atoms with Crippen molar-refractivity contribution in [2.24, 2.45) is 0 Å². The van der Waals surface area contributed by atoms with E-state index in [0.717, 1.165) is 11.0 Å². The van der Waals surface area contributed by atoms with Gasteiger partial charge in [-0.3, -0.25) is 4.79 Å². The summed E-state index contributed by atoms with van der Waals surface area (Å²) in [6.07, 6.45) is -0.404. The number of urea groups is 1. The van der Waals surface area contributed by atoms with Crippen LogP contribution in [0.3, 0.4) is 0 Å². The first kappa shape index (κ1) is 34.9. The lowest BCUT2D eigenvalue weighted by molar-refractivity contribution is -0.164. The standard InChI is InChI=1S/C33H37FN4O8S/c1-5-45-30(40)20-9-8-10-22(17-20)37-32(42)36-19-28(39)38-26(31(41)46-33(2,3)4)18-27(29(38)24-11-6-7-12-25(24)34)47(43,44)23-15-13-21(35)14-16-23/h6-17,26-27,29H,5,18-19,35H2,1-4H3,(H2,36,37,42). The molecule has 0 spiro atoms. The summed E-state index contributed by atoms with van der Waals surface area (Å²) in [5, 5.41) is 3.45. The van der Waals surface area contributed by atoms with Crippen molar-refractivity contribution in [3.63, 3.8) is 0 Å². The highest BCUT2D eigenvalue weighted by Gasteiger charge is 2.54. The summed E-state index contributed by atoms with van der Waals surface area (Å²) in [4.78, 5) is 53.2. The zero-order chi connectivity index (χ0) is 34.5. The summed E-state index contributed by atoms with van der Waals surface area (Å²) in [6.45, 7) is 5.98. The number of carbonyl (C=O) groups is 4. The third-order valence-electron chi connectivity index (χ3n) is 7.27. The highest BCUT2D eigenvalue weighted by Crippen LogP contribution is 2.44. The summed E-state index contributed by atoms with van der Waals surface area (Å²) in [5.41, 5.74) is 5.38. The predicted molar refractivity (Wildman–Crippen MR) is 171 cm³/mol. The number of hydrogen-bond donors (Lipinski definition) is 3. The molecule has 1 heterocycles. The second kappa shape index (κ2) is 14.2. The number of hydrogen-bond acceptors (Lipinski definition) is 9. The van der Waals surface area contributed by atoms with Crippen LogP contribution in [0.1, 0.15) is 56.1 Å². The molecule has 3 aromatic carbocycles. The van der Waals surface area contributed by atoms with Crippen molar-refractivity contribution >= 4 is 45.1 Å². The fraction of sp³-hybridized carbons (Fsp3) is 0.333. The Kier molecular flexibility index (Phi) is 10.5. The number of benzene rings is 3. The molecule has 14 heteroatoms. The molecule has 1 aliphatic rings. The zero-order valence-corrected chi connectivity index (χ0v) is 27.2. The van der Waals surface area contributed by atoms with E-state index in [1.807, 2.05) is 0 Å². The van der Waals surface area contributed by atoms with Crippen molar-refractivity contribution in [1.82, 2.24) is 10.2 Å². The van der Waals surface area contributed by atoms with Gasteiger partial charge in [-0.2, -0.15) is 0 Å². The lowest BCUT2D eigenvalue weighted by Gasteiger charge is -2.32. The van der Waals surface area contributed by atoms with Crippen molar-refractivity contribution < 1.29 is 41.5 Å². The smallest absolute Gasteiger partial charge is 0.338 e. The summed E-state index contributed by atoms with van der Waals surface area (Å²) >= 11 is 0. The highest BCUT2D eigenvalue weighted by molar-refractivity contribution is 7.92. The number of sulfone groups is 1. The number of nitrogens with two attached hydrogens (primary N) is 1. The van der Waals surface area contributed by atoms with E-state index in [4.69, 9.17) is 15.2 Å². The maximum absolute atomic E-state index is 15.4. The molecule has 0 saturated carbocycles. The van der Waals surface area contributed by atoms with Crippen LogP contribution in [0.5, 0.6) is 0 Å². The Bertz CT molecular complexity index is 1760. The van der Waals surface area contributed by atoms with Gasteiger partial charge in [0.1, 0.15) is 17.5 Å². The molecule has 0 bridgehead atoms. The number of halogens is 1. The summed E-state index contributed by atoms with van der Waals surface area (Å²) in [6, 6.07) is 13.0. The van der Waals surface area contributed by atoms with Gasteiger partial charge in [-0.1, -0.05) is 24.3 Å². The SMILES string of the molecule is CCOC(=O)c1cccc(NC(=O)NCC(=O)N2C(C(=O)OC(C)(C)C)CC(S(=O)(=O)c3ccc(N)cc3)C2c2ccccc2F)c1. The Labute approximate surface area is 272 Å². The largest absolute Gasteiger partial charge is 0.462 e. The quantitative estimate of drug-likeness (QED) is 0.223. The van der Waals surface area contributed by atoms with Gasteiger partial charge >= 0.3 is 18.0 Å². The molecular weight excluding hydrogens is 631 g/mol. The Morgan fingerprint density at radius 3 is 2.32 bits per heavy atom. The van der Waals surface area contributed by atoms with Gasteiger partial charge in [0.2, 0.25) is 5.91 Å². The number of amides is 3. The first-order valence-corrected chi connectivity index (χ1v) is 16.4. The van der Waals surface area contributed by atoms with Gasteiger partial charge in [0.15, 0.2) is 9.84 Å². The maximum atomic E-state index is 15.4. The van der Waals surface area contributed by atoms with Crippen LogP contribution in [0.15, 0.2) is 77.7 Å². The van der Waals surface area contributed by atoms with Crippen LogP contribution >= 0.6 is 0 Å². The summed E-state index contributed by atoms with van der Waals surface area (Å²) in [7, 11) is -4.29. The van der Waals surface area contributed by atoms with Crippen LogP contribution in [0.25, 0.3) is 0 Å². The molecule has 1 aliphatic heterocycles. The Balaban J connectivity index is 1.68. The monoisotopic (exact) mass is 668 g/mol. The Morgan fingerprint density at radius 1 is 1.00 bits per heavy atom. The molecule has 1 saturated heterocycles. The lowest BCUT2D eigenvalue weighted by atomic mass is 10.0. The van der Waals surface area contributed by atoms with Crippen LogP contribution in [0.4, 0.5) is 20.6 Å². The first-order chi connectivity index (χ1) is 22.1. The minimum atomic E-state index is -4.29. The van der Waals surface area contributed by atoms with Gasteiger partial charge in [0.25, 0.3) is 0 Å². The minimum Gasteiger partial charge on any atom is -0.462 e. The van der Waals surface area contributed by atoms with E-state index >= 15 is 4.39 Å². The Hall–Kier alpha value is -4.98. The molecule has 0 aromatic heterocycles. The molecular formula is C33H37FN4O8S. The van der Waals surface area contributed by atoms with Crippen LogP contribution in [-0.2, 0) is 28.9 Å². The number of nitrogen functional groups attached to an aromatic ring is 1. The van der Waals surface area contributed by atoms with Crippen molar-refractivity contribution in [1.29, 1.82) is 0 Å². The second-order valence-corrected chi connectivity index (χ2v) is 14.0. The van der Waals surface area contributed by atoms with Crippen LogP contribution < -0.4 is 16.4 Å². The molecule has 3 atom stereocenters. The third-order valence-corrected chi connectivity index (χ3v) is 9.45. The van der Waals surface area contributed by atoms with Gasteiger partial charge in [-0.25, -0.2) is 27.2 Å². The number of anilines is 2. The number of rotatable bonds is 9. The molecule has 4 N–H and O–H groups in total. The Morgan fingerprint density at radius 2 is 1.68 bits per heavy atom. The maximum Gasteiger partial charge on any atom is 0.338 e. The number of ether oxygens (including phenoxy) is 2. The fourth-order valence-electron chi connectivity index (χ4n) is 5.30. The van der Waals surface area contributed by atoms with E-state index in [0.29, 0.717) is 5.69 Å². The molecule has 250 valence electrons. The van der Waals surface area contributed by atoms with Gasteiger partial charge in [-0.05, 0) is 82.6 Å². The molecule has 3 aromatic rings. The molecule has 3 amide bonds. The van der Waals surface area contributed by atoms with Crippen LogP contribution in [0, 0.1) is 5.82 Å². The van der Waals surface area contributed by atoms with Gasteiger partial charge in [0, 0.05) is 16.9 Å². The van der Waals surface area contributed by atoms with E-state index in [-0.39, 0.29) is 28.3 Å². The van der Waals surface area contributed by atoms with Crippen LogP contribution in [0.2, 0.25) is 0 Å². The van der Waals surface area contributed by atoms with E-state index < -0.39 is 75.4 Å². The molecule has 4 rings (SSSR count). The molecule has 1 fully saturated rings. The minimum absolute atomic E-state index is 0.127. The molecule has 47 heavy (non-hydrogen) atoms. The van der Waals surface area contributed by atoms with E-state index in [9.17, 15) is 27.6 Å². The van der Waals surface area contributed by atoms with Crippen LogP contribution in [-0.4, -0.2) is 67.2 Å². The van der Waals surface area contributed by atoms with E-state index in [1.165, 1.54) is 66.7 Å². The average Bonchev–Trinajstić information content (AvgIpc) is 3.41. The van der Waals surface area contributed by atoms with Crippen molar-refractivity contribution in [3.8, 4) is 0 Å².